The molecule has 6 heteroatoms. The van der Waals surface area contributed by atoms with E-state index in [2.05, 4.69) is 6.92 Å². The summed E-state index contributed by atoms with van der Waals surface area (Å²) in [5.41, 5.74) is -0.663. The molecule has 3 atom stereocenters. The van der Waals surface area contributed by atoms with Crippen molar-refractivity contribution in [1.82, 2.24) is 0 Å². The summed E-state index contributed by atoms with van der Waals surface area (Å²) >= 11 is 0. The van der Waals surface area contributed by atoms with Crippen LogP contribution < -0.4 is 0 Å². The highest BCUT2D eigenvalue weighted by Gasteiger charge is 2.52. The van der Waals surface area contributed by atoms with Crippen molar-refractivity contribution in [3.8, 4) is 0 Å². The normalized spacial score (nSPS) is 25.6. The lowest BCUT2D eigenvalue weighted by molar-refractivity contribution is -0.291. The van der Waals surface area contributed by atoms with Gasteiger partial charge in [-0.05, 0) is 37.1 Å². The molecule has 0 aromatic heterocycles. The lowest BCUT2D eigenvalue weighted by atomic mass is 9.92. The van der Waals surface area contributed by atoms with Crippen molar-refractivity contribution in [2.45, 2.75) is 165 Å². The van der Waals surface area contributed by atoms with Crippen molar-refractivity contribution < 1.29 is 28.9 Å². The highest BCUT2D eigenvalue weighted by molar-refractivity contribution is 6.00. The number of carbonyl (C=O) groups is 2. The van der Waals surface area contributed by atoms with Crippen LogP contribution in [0.1, 0.15) is 142 Å². The molecule has 0 radical (unpaired) electrons. The van der Waals surface area contributed by atoms with Gasteiger partial charge in [0.25, 0.3) is 0 Å². The number of aliphatic hydroxyl groups excluding tert-OH is 1. The fourth-order valence-corrected chi connectivity index (χ4v) is 6.20. The Kier molecular flexibility index (Phi) is 14.2. The van der Waals surface area contributed by atoms with Crippen LogP contribution in [0.3, 0.4) is 0 Å². The van der Waals surface area contributed by atoms with E-state index in [9.17, 15) is 14.7 Å². The monoisotopic (exact) mass is 546 g/mol. The van der Waals surface area contributed by atoms with Crippen LogP contribution in [0.5, 0.6) is 0 Å². The minimum Gasteiger partial charge on any atom is -0.466 e. The Morgan fingerprint density at radius 3 is 1.97 bits per heavy atom. The van der Waals surface area contributed by atoms with Gasteiger partial charge in [0.1, 0.15) is 5.60 Å². The third-order valence-electron chi connectivity index (χ3n) is 8.45. The van der Waals surface area contributed by atoms with E-state index in [4.69, 9.17) is 14.2 Å². The Morgan fingerprint density at radius 1 is 0.872 bits per heavy atom. The Balaban J connectivity index is 1.16. The fourth-order valence-electron chi connectivity index (χ4n) is 6.20. The maximum absolute atomic E-state index is 12.4. The third kappa shape index (κ3) is 11.9. The Bertz CT molecular complexity index is 773. The molecule has 6 nitrogen and oxygen atoms in total. The van der Waals surface area contributed by atoms with Crippen molar-refractivity contribution in [2.24, 2.45) is 0 Å². The molecule has 0 aromatic carbocycles. The van der Waals surface area contributed by atoms with Crippen molar-refractivity contribution in [3.05, 3.63) is 24.3 Å². The number of esters is 1. The molecule has 3 aliphatic rings. The first kappa shape index (κ1) is 32.0. The van der Waals surface area contributed by atoms with Crippen molar-refractivity contribution in [3.63, 3.8) is 0 Å². The fraction of sp³-hybridized carbons (Fsp3) is 0.818. The minimum atomic E-state index is -0.925. The summed E-state index contributed by atoms with van der Waals surface area (Å²) in [5.74, 6) is -1.26. The molecule has 0 saturated carbocycles. The van der Waals surface area contributed by atoms with Gasteiger partial charge in [0.05, 0.1) is 25.2 Å². The maximum Gasteiger partial charge on any atom is 0.308 e. The van der Waals surface area contributed by atoms with Gasteiger partial charge in [-0.3, -0.25) is 9.59 Å². The molecular formula is C33H54O6. The molecule has 2 spiro atoms. The van der Waals surface area contributed by atoms with E-state index in [1.165, 1.54) is 102 Å². The molecule has 39 heavy (non-hydrogen) atoms. The van der Waals surface area contributed by atoms with Crippen molar-refractivity contribution in [1.29, 1.82) is 0 Å². The predicted octanol–water partition coefficient (Wildman–Crippen LogP) is 7.66. The summed E-state index contributed by atoms with van der Waals surface area (Å²) in [6, 6.07) is 0. The van der Waals surface area contributed by atoms with Gasteiger partial charge in [0, 0.05) is 19.3 Å². The van der Waals surface area contributed by atoms with E-state index in [0.29, 0.717) is 32.3 Å². The van der Waals surface area contributed by atoms with Gasteiger partial charge in [-0.2, -0.15) is 0 Å². The van der Waals surface area contributed by atoms with E-state index in [-0.39, 0.29) is 18.2 Å². The average Bonchev–Trinajstić information content (AvgIpc) is 3.23. The zero-order chi connectivity index (χ0) is 27.8. The summed E-state index contributed by atoms with van der Waals surface area (Å²) in [4.78, 5) is 23.9. The van der Waals surface area contributed by atoms with Crippen LogP contribution in [-0.4, -0.2) is 47.1 Å². The van der Waals surface area contributed by atoms with Crippen LogP contribution >= 0.6 is 0 Å². The molecule has 1 N–H and O–H groups in total. The number of hydrogen-bond donors (Lipinski definition) is 1. The number of hydrogen-bond acceptors (Lipinski definition) is 6. The first-order valence-corrected chi connectivity index (χ1v) is 16.1. The molecule has 1 aliphatic carbocycles. The highest BCUT2D eigenvalue weighted by atomic mass is 16.7. The van der Waals surface area contributed by atoms with Crippen molar-refractivity contribution in [2.75, 3.05) is 6.61 Å². The molecule has 2 saturated heterocycles. The summed E-state index contributed by atoms with van der Waals surface area (Å²) in [7, 11) is 0. The standard InChI is InChI=1S/C33H54O6/c1-2-3-4-5-6-7-8-9-10-11-12-13-14-15-16-17-24-37-31(36)26-30-25-29(35)27-33(38-30)23-22-32(39-33)20-18-28(34)19-21-32/h18-21,29-30,35H,2-17,22-27H2,1H3/t29-,30-,33+/m0/s1. The second-order valence-electron chi connectivity index (χ2n) is 12.1. The lowest BCUT2D eigenvalue weighted by Crippen LogP contribution is -2.48. The number of unbranched alkanes of at least 4 members (excludes halogenated alkanes) is 15. The number of aliphatic hydroxyl groups is 1. The predicted molar refractivity (Wildman–Crippen MR) is 154 cm³/mol. The summed E-state index contributed by atoms with van der Waals surface area (Å²) in [6.07, 6.45) is 28.8. The molecule has 0 aromatic rings. The summed E-state index contributed by atoms with van der Waals surface area (Å²) in [5, 5.41) is 10.5. The van der Waals surface area contributed by atoms with Crippen LogP contribution in [-0.2, 0) is 23.8 Å². The first-order chi connectivity index (χ1) is 18.9. The molecule has 0 amide bonds. The Morgan fingerprint density at radius 2 is 1.41 bits per heavy atom. The van der Waals surface area contributed by atoms with E-state index in [0.717, 1.165) is 12.8 Å². The van der Waals surface area contributed by atoms with Gasteiger partial charge in [-0.1, -0.05) is 103 Å². The maximum atomic E-state index is 12.4. The lowest BCUT2D eigenvalue weighted by Gasteiger charge is -2.41. The smallest absolute Gasteiger partial charge is 0.308 e. The van der Waals surface area contributed by atoms with Gasteiger partial charge >= 0.3 is 5.97 Å². The number of rotatable bonds is 19. The van der Waals surface area contributed by atoms with Gasteiger partial charge in [0.15, 0.2) is 11.6 Å². The first-order valence-electron chi connectivity index (χ1n) is 16.1. The summed E-state index contributed by atoms with van der Waals surface area (Å²) < 4.78 is 18.0. The Hall–Kier alpha value is -1.50. The molecule has 2 aliphatic heterocycles. The van der Waals surface area contributed by atoms with Gasteiger partial charge < -0.3 is 19.3 Å². The second-order valence-corrected chi connectivity index (χ2v) is 12.1. The molecule has 3 rings (SSSR count). The highest BCUT2D eigenvalue weighted by Crippen LogP contribution is 2.47. The van der Waals surface area contributed by atoms with E-state index in [1.54, 1.807) is 12.2 Å². The van der Waals surface area contributed by atoms with Gasteiger partial charge in [0.2, 0.25) is 0 Å². The largest absolute Gasteiger partial charge is 0.466 e. The number of ketones is 1. The SMILES string of the molecule is CCCCCCCCCCCCCCCCCCOC(=O)C[C@@H]1C[C@H](O)C[C@]2(CCC3(C=CC(=O)C=C3)O2)O1. The van der Waals surface area contributed by atoms with E-state index >= 15 is 0 Å². The molecule has 2 fully saturated rings. The number of allylic oxidation sites excluding steroid dienone is 2. The van der Waals surface area contributed by atoms with Crippen LogP contribution in [0, 0.1) is 0 Å². The van der Waals surface area contributed by atoms with Crippen LogP contribution in [0.2, 0.25) is 0 Å². The van der Waals surface area contributed by atoms with Crippen LogP contribution in [0.25, 0.3) is 0 Å². The second kappa shape index (κ2) is 17.3. The summed E-state index contributed by atoms with van der Waals surface area (Å²) in [6.45, 7) is 2.72. The van der Waals surface area contributed by atoms with E-state index in [1.807, 2.05) is 0 Å². The molecule has 0 unspecified atom stereocenters. The molecule has 0 bridgehead atoms. The minimum absolute atomic E-state index is 0.0558. The molecule has 2 heterocycles. The molecule has 222 valence electrons. The zero-order valence-corrected chi connectivity index (χ0v) is 24.5. The quantitative estimate of drug-likeness (QED) is 0.132. The number of carbonyl (C=O) groups excluding carboxylic acids is 2. The van der Waals surface area contributed by atoms with E-state index < -0.39 is 23.6 Å². The van der Waals surface area contributed by atoms with Gasteiger partial charge in [-0.15, -0.1) is 0 Å². The van der Waals surface area contributed by atoms with Crippen LogP contribution in [0.4, 0.5) is 0 Å². The van der Waals surface area contributed by atoms with Gasteiger partial charge in [-0.25, -0.2) is 0 Å². The third-order valence-corrected chi connectivity index (χ3v) is 8.45. The topological polar surface area (TPSA) is 82.1 Å². The van der Waals surface area contributed by atoms with Crippen LogP contribution in [0.15, 0.2) is 24.3 Å². The average molecular weight is 547 g/mol. The number of ether oxygens (including phenoxy) is 3. The van der Waals surface area contributed by atoms with Crippen molar-refractivity contribution >= 4 is 11.8 Å². The zero-order valence-electron chi connectivity index (χ0n) is 24.5. The Labute approximate surface area is 236 Å². The molecular weight excluding hydrogens is 492 g/mol.